The minimum atomic E-state index is -0.311. The Labute approximate surface area is 122 Å². The lowest BCUT2D eigenvalue weighted by atomic mass is 10.1. The van der Waals surface area contributed by atoms with E-state index in [1.165, 1.54) is 0 Å². The Kier molecular flexibility index (Phi) is 3.68. The molecular weight excluding hydrogens is 274 g/mol. The number of amides is 1. The summed E-state index contributed by atoms with van der Waals surface area (Å²) in [5, 5.41) is 2.79. The van der Waals surface area contributed by atoms with Crippen LogP contribution in [0.3, 0.4) is 0 Å². The van der Waals surface area contributed by atoms with Gasteiger partial charge in [0.1, 0.15) is 0 Å². The molecule has 1 aliphatic heterocycles. The van der Waals surface area contributed by atoms with Gasteiger partial charge in [-0.05, 0) is 37.5 Å². The highest BCUT2D eigenvalue weighted by Gasteiger charge is 2.31. The van der Waals surface area contributed by atoms with E-state index in [9.17, 15) is 9.59 Å². The fourth-order valence-electron chi connectivity index (χ4n) is 2.12. The Morgan fingerprint density at radius 3 is 2.86 bits per heavy atom. The average molecular weight is 291 g/mol. The average Bonchev–Trinajstić information content (AvgIpc) is 3.22. The molecule has 0 bridgehead atoms. The summed E-state index contributed by atoms with van der Waals surface area (Å²) in [6.45, 7) is 1.85. The Morgan fingerprint density at radius 2 is 2.10 bits per heavy atom. The van der Waals surface area contributed by atoms with Crippen LogP contribution >= 0.6 is 0 Å². The summed E-state index contributed by atoms with van der Waals surface area (Å²) < 4.78 is 15.5. The monoisotopic (exact) mass is 291 g/mol. The van der Waals surface area contributed by atoms with Crippen LogP contribution in [0.5, 0.6) is 11.5 Å². The first-order valence-electron chi connectivity index (χ1n) is 6.99. The molecule has 1 N–H and O–H groups in total. The molecule has 1 heterocycles. The lowest BCUT2D eigenvalue weighted by Gasteiger charge is -2.14. The number of hydrogen-bond donors (Lipinski definition) is 1. The molecular formula is C15H17NO5. The zero-order valence-electron chi connectivity index (χ0n) is 11.8. The summed E-state index contributed by atoms with van der Waals surface area (Å²) in [6.07, 6.45) is 1.74. The first-order valence-corrected chi connectivity index (χ1v) is 6.99. The minimum absolute atomic E-state index is 0.00378. The van der Waals surface area contributed by atoms with Gasteiger partial charge in [0.2, 0.25) is 6.79 Å². The summed E-state index contributed by atoms with van der Waals surface area (Å²) in [5.41, 5.74) is 0.904. The van der Waals surface area contributed by atoms with Gasteiger partial charge in [0, 0.05) is 0 Å². The van der Waals surface area contributed by atoms with Gasteiger partial charge in [-0.15, -0.1) is 0 Å². The van der Waals surface area contributed by atoms with Gasteiger partial charge in [-0.1, -0.05) is 6.07 Å². The van der Waals surface area contributed by atoms with Crippen LogP contribution in [0.1, 0.15) is 31.4 Å². The second-order valence-corrected chi connectivity index (χ2v) is 5.28. The number of ether oxygens (including phenoxy) is 3. The molecule has 112 valence electrons. The zero-order valence-corrected chi connectivity index (χ0v) is 11.8. The summed E-state index contributed by atoms with van der Waals surface area (Å²) >= 11 is 0. The second-order valence-electron chi connectivity index (χ2n) is 5.28. The highest BCUT2D eigenvalue weighted by molar-refractivity contribution is 5.82. The van der Waals surface area contributed by atoms with Crippen molar-refractivity contribution >= 4 is 11.9 Å². The van der Waals surface area contributed by atoms with E-state index >= 15 is 0 Å². The van der Waals surface area contributed by atoms with E-state index < -0.39 is 0 Å². The van der Waals surface area contributed by atoms with Crippen molar-refractivity contribution < 1.29 is 23.8 Å². The SMILES string of the molecule is C[C@@H](NC(=O)COC(=O)C1CC1)c1ccc2c(c1)OCO2. The number of hydrogen-bond acceptors (Lipinski definition) is 5. The number of carbonyl (C=O) groups is 2. The Hall–Kier alpha value is -2.24. The van der Waals surface area contributed by atoms with E-state index in [1.54, 1.807) is 0 Å². The molecule has 1 atom stereocenters. The van der Waals surface area contributed by atoms with Crippen LogP contribution in [0.2, 0.25) is 0 Å². The van der Waals surface area contributed by atoms with Gasteiger partial charge in [-0.25, -0.2) is 0 Å². The molecule has 1 aromatic carbocycles. The van der Waals surface area contributed by atoms with Crippen molar-refractivity contribution in [3.05, 3.63) is 23.8 Å². The number of fused-ring (bicyclic) bond motifs is 1. The zero-order chi connectivity index (χ0) is 14.8. The molecule has 1 aliphatic carbocycles. The maximum absolute atomic E-state index is 11.8. The van der Waals surface area contributed by atoms with Crippen molar-refractivity contribution in [2.75, 3.05) is 13.4 Å². The first kappa shape index (κ1) is 13.7. The van der Waals surface area contributed by atoms with Crippen LogP contribution in [0, 0.1) is 5.92 Å². The highest BCUT2D eigenvalue weighted by Crippen LogP contribution is 2.34. The number of esters is 1. The molecule has 21 heavy (non-hydrogen) atoms. The van der Waals surface area contributed by atoms with Gasteiger partial charge in [-0.2, -0.15) is 0 Å². The molecule has 0 unspecified atom stereocenters. The van der Waals surface area contributed by atoms with Gasteiger partial charge < -0.3 is 19.5 Å². The minimum Gasteiger partial charge on any atom is -0.455 e. The smallest absolute Gasteiger partial charge is 0.309 e. The van der Waals surface area contributed by atoms with Gasteiger partial charge in [0.05, 0.1) is 12.0 Å². The largest absolute Gasteiger partial charge is 0.455 e. The Balaban J connectivity index is 1.51. The highest BCUT2D eigenvalue weighted by atomic mass is 16.7. The maximum Gasteiger partial charge on any atom is 0.309 e. The predicted molar refractivity (Wildman–Crippen MR) is 72.8 cm³/mol. The van der Waals surface area contributed by atoms with Crippen LogP contribution in [-0.4, -0.2) is 25.3 Å². The Bertz CT molecular complexity index is 567. The van der Waals surface area contributed by atoms with Gasteiger partial charge >= 0.3 is 5.97 Å². The van der Waals surface area contributed by atoms with Gasteiger partial charge in [-0.3, -0.25) is 9.59 Å². The van der Waals surface area contributed by atoms with E-state index in [1.807, 2.05) is 25.1 Å². The van der Waals surface area contributed by atoms with Gasteiger partial charge in [0.15, 0.2) is 18.1 Å². The van der Waals surface area contributed by atoms with Crippen molar-refractivity contribution in [3.8, 4) is 11.5 Å². The van der Waals surface area contributed by atoms with Crippen molar-refractivity contribution in [2.24, 2.45) is 5.92 Å². The summed E-state index contributed by atoms with van der Waals surface area (Å²) in [5.74, 6) is 0.795. The van der Waals surface area contributed by atoms with Crippen LogP contribution < -0.4 is 14.8 Å². The number of benzene rings is 1. The maximum atomic E-state index is 11.8. The summed E-state index contributed by atoms with van der Waals surface area (Å²) in [6, 6.07) is 5.32. The molecule has 0 radical (unpaired) electrons. The molecule has 1 saturated carbocycles. The molecule has 1 fully saturated rings. The molecule has 6 heteroatoms. The second kappa shape index (κ2) is 5.63. The Morgan fingerprint density at radius 1 is 1.33 bits per heavy atom. The van der Waals surface area contributed by atoms with E-state index in [2.05, 4.69) is 5.32 Å². The van der Waals surface area contributed by atoms with Crippen LogP contribution in [-0.2, 0) is 14.3 Å². The summed E-state index contributed by atoms with van der Waals surface area (Å²) in [4.78, 5) is 23.1. The van der Waals surface area contributed by atoms with Crippen molar-refractivity contribution in [2.45, 2.75) is 25.8 Å². The molecule has 1 aromatic rings. The van der Waals surface area contributed by atoms with Crippen LogP contribution in [0.25, 0.3) is 0 Å². The third-order valence-corrected chi connectivity index (χ3v) is 3.53. The van der Waals surface area contributed by atoms with Crippen LogP contribution in [0.15, 0.2) is 18.2 Å². The molecule has 3 rings (SSSR count). The van der Waals surface area contributed by atoms with Crippen molar-refractivity contribution in [3.63, 3.8) is 0 Å². The quantitative estimate of drug-likeness (QED) is 0.833. The van der Waals surface area contributed by atoms with Crippen LogP contribution in [0.4, 0.5) is 0 Å². The number of carbonyl (C=O) groups excluding carboxylic acids is 2. The van der Waals surface area contributed by atoms with E-state index in [0.717, 1.165) is 18.4 Å². The lowest BCUT2D eigenvalue weighted by Crippen LogP contribution is -2.31. The van der Waals surface area contributed by atoms with E-state index in [4.69, 9.17) is 14.2 Å². The molecule has 0 aromatic heterocycles. The molecule has 0 spiro atoms. The molecule has 2 aliphatic rings. The number of nitrogens with one attached hydrogen (secondary N) is 1. The molecule has 1 amide bonds. The fourth-order valence-corrected chi connectivity index (χ4v) is 2.12. The van der Waals surface area contributed by atoms with Crippen molar-refractivity contribution in [1.29, 1.82) is 0 Å². The standard InChI is InChI=1S/C15H17NO5/c1-9(11-4-5-12-13(6-11)21-8-20-12)16-14(17)7-19-15(18)10-2-3-10/h4-6,9-10H,2-3,7-8H2,1H3,(H,16,17)/t9-/m1/s1. The normalized spacial score (nSPS) is 17.2. The summed E-state index contributed by atoms with van der Waals surface area (Å²) in [7, 11) is 0. The van der Waals surface area contributed by atoms with E-state index in [0.29, 0.717) is 11.5 Å². The predicted octanol–water partition coefficient (Wildman–Crippen LogP) is 1.55. The van der Waals surface area contributed by atoms with Crippen molar-refractivity contribution in [1.82, 2.24) is 5.32 Å². The fraction of sp³-hybridized carbons (Fsp3) is 0.467. The molecule has 6 nitrogen and oxygen atoms in total. The van der Waals surface area contributed by atoms with Gasteiger partial charge in [0.25, 0.3) is 5.91 Å². The third kappa shape index (κ3) is 3.26. The third-order valence-electron chi connectivity index (χ3n) is 3.53. The van der Waals surface area contributed by atoms with E-state index in [-0.39, 0.29) is 37.2 Å². The molecule has 0 saturated heterocycles. The lowest BCUT2D eigenvalue weighted by molar-refractivity contribution is -0.150. The topological polar surface area (TPSA) is 73.9 Å². The first-order chi connectivity index (χ1) is 10.1. The number of rotatable bonds is 5.